The highest BCUT2D eigenvalue weighted by Crippen LogP contribution is 2.33. The van der Waals surface area contributed by atoms with Crippen LogP contribution in [0.2, 0.25) is 5.02 Å². The molecule has 1 fully saturated rings. The summed E-state index contributed by atoms with van der Waals surface area (Å²) in [6.45, 7) is 1.54. The number of nitrogens with zero attached hydrogens (tertiary/aromatic N) is 1. The van der Waals surface area contributed by atoms with Crippen molar-refractivity contribution in [3.8, 4) is 5.75 Å². The van der Waals surface area contributed by atoms with Crippen molar-refractivity contribution in [3.63, 3.8) is 0 Å². The van der Waals surface area contributed by atoms with Crippen molar-refractivity contribution in [2.45, 2.75) is 50.6 Å². The van der Waals surface area contributed by atoms with Crippen molar-refractivity contribution in [2.24, 2.45) is 5.73 Å². The molecule has 0 saturated heterocycles. The molecule has 4 heteroatoms. The predicted molar refractivity (Wildman–Crippen MR) is 89.0 cm³/mol. The third kappa shape index (κ3) is 3.91. The SMILES string of the molecule is COc1ccc(Cl)cc1CN(C)C1(CN)CCCCCC1. The largest absolute Gasteiger partial charge is 0.496 e. The maximum absolute atomic E-state index is 6.16. The summed E-state index contributed by atoms with van der Waals surface area (Å²) in [5.41, 5.74) is 7.41. The maximum Gasteiger partial charge on any atom is 0.123 e. The highest BCUT2D eigenvalue weighted by atomic mass is 35.5. The molecule has 0 spiro atoms. The van der Waals surface area contributed by atoms with Crippen LogP contribution in [0.1, 0.15) is 44.1 Å². The highest BCUT2D eigenvalue weighted by molar-refractivity contribution is 6.30. The van der Waals surface area contributed by atoms with Gasteiger partial charge in [-0.25, -0.2) is 0 Å². The molecule has 0 unspecified atom stereocenters. The molecule has 0 amide bonds. The van der Waals surface area contributed by atoms with E-state index >= 15 is 0 Å². The van der Waals surface area contributed by atoms with Crippen LogP contribution < -0.4 is 10.5 Å². The van der Waals surface area contributed by atoms with Gasteiger partial charge < -0.3 is 10.5 Å². The first-order valence-corrected chi connectivity index (χ1v) is 8.23. The summed E-state index contributed by atoms with van der Waals surface area (Å²) in [4.78, 5) is 2.41. The van der Waals surface area contributed by atoms with Crippen LogP contribution in [0.3, 0.4) is 0 Å². The number of hydrogen-bond donors (Lipinski definition) is 1. The van der Waals surface area contributed by atoms with Crippen LogP contribution in [0, 0.1) is 0 Å². The molecule has 0 heterocycles. The van der Waals surface area contributed by atoms with E-state index in [4.69, 9.17) is 22.1 Å². The normalized spacial score (nSPS) is 18.5. The van der Waals surface area contributed by atoms with Crippen LogP contribution in [0.4, 0.5) is 0 Å². The molecule has 2 N–H and O–H groups in total. The van der Waals surface area contributed by atoms with Gasteiger partial charge in [0.1, 0.15) is 5.75 Å². The molecule has 0 atom stereocenters. The van der Waals surface area contributed by atoms with Crippen LogP contribution >= 0.6 is 11.6 Å². The van der Waals surface area contributed by atoms with E-state index in [1.54, 1.807) is 7.11 Å². The molecule has 3 nitrogen and oxygen atoms in total. The first-order valence-electron chi connectivity index (χ1n) is 7.85. The predicted octanol–water partition coefficient (Wildman–Crippen LogP) is 3.83. The first-order chi connectivity index (χ1) is 10.1. The Morgan fingerprint density at radius 1 is 1.24 bits per heavy atom. The lowest BCUT2D eigenvalue weighted by molar-refractivity contribution is 0.0988. The molecule has 1 aliphatic carbocycles. The van der Waals surface area contributed by atoms with Gasteiger partial charge in [-0.3, -0.25) is 4.90 Å². The zero-order valence-corrected chi connectivity index (χ0v) is 14.0. The second-order valence-electron chi connectivity index (χ2n) is 6.15. The van der Waals surface area contributed by atoms with Gasteiger partial charge in [0, 0.05) is 29.2 Å². The Morgan fingerprint density at radius 2 is 1.90 bits per heavy atom. The second-order valence-corrected chi connectivity index (χ2v) is 6.59. The van der Waals surface area contributed by atoms with Gasteiger partial charge in [-0.05, 0) is 38.1 Å². The number of halogens is 1. The number of hydrogen-bond acceptors (Lipinski definition) is 3. The fourth-order valence-corrected chi connectivity index (χ4v) is 3.62. The molecule has 1 saturated carbocycles. The van der Waals surface area contributed by atoms with E-state index in [9.17, 15) is 0 Å². The smallest absolute Gasteiger partial charge is 0.123 e. The van der Waals surface area contributed by atoms with Crippen molar-refractivity contribution < 1.29 is 4.74 Å². The molecular weight excluding hydrogens is 284 g/mol. The molecule has 118 valence electrons. The standard InChI is InChI=1S/C17H27ClN2O/c1-20(17(13-19)9-5-3-4-6-10-17)12-14-11-15(18)7-8-16(14)21-2/h7-8,11H,3-6,9-10,12-13,19H2,1-2H3. The zero-order chi connectivity index (χ0) is 15.3. The summed E-state index contributed by atoms with van der Waals surface area (Å²) in [5.74, 6) is 0.895. The molecule has 1 aromatic carbocycles. The summed E-state index contributed by atoms with van der Waals surface area (Å²) < 4.78 is 5.46. The van der Waals surface area contributed by atoms with Crippen molar-refractivity contribution in [3.05, 3.63) is 28.8 Å². The van der Waals surface area contributed by atoms with Gasteiger partial charge in [-0.15, -0.1) is 0 Å². The molecule has 1 aliphatic rings. The molecule has 0 aliphatic heterocycles. The Bertz CT molecular complexity index is 456. The van der Waals surface area contributed by atoms with E-state index < -0.39 is 0 Å². The summed E-state index contributed by atoms with van der Waals surface area (Å²) in [6, 6.07) is 5.81. The third-order valence-corrected chi connectivity index (χ3v) is 5.11. The number of methoxy groups -OCH3 is 1. The molecule has 0 aromatic heterocycles. The van der Waals surface area contributed by atoms with E-state index in [1.807, 2.05) is 18.2 Å². The summed E-state index contributed by atoms with van der Waals surface area (Å²) in [5, 5.41) is 0.752. The lowest BCUT2D eigenvalue weighted by atomic mass is 9.88. The van der Waals surface area contributed by atoms with Gasteiger partial charge in [-0.1, -0.05) is 37.3 Å². The molecular formula is C17H27ClN2O. The van der Waals surface area contributed by atoms with Crippen LogP contribution in [0.15, 0.2) is 18.2 Å². The van der Waals surface area contributed by atoms with Gasteiger partial charge in [0.2, 0.25) is 0 Å². The molecule has 0 bridgehead atoms. The average Bonchev–Trinajstić information content (AvgIpc) is 2.74. The van der Waals surface area contributed by atoms with Crippen molar-refractivity contribution in [1.29, 1.82) is 0 Å². The van der Waals surface area contributed by atoms with Crippen LogP contribution in [-0.4, -0.2) is 31.1 Å². The maximum atomic E-state index is 6.16. The summed E-state index contributed by atoms with van der Waals surface area (Å²) in [6.07, 6.45) is 7.57. The minimum atomic E-state index is 0.115. The Balaban J connectivity index is 2.18. The lowest BCUT2D eigenvalue weighted by Gasteiger charge is -2.41. The Hall–Kier alpha value is -0.770. The fraction of sp³-hybridized carbons (Fsp3) is 0.647. The third-order valence-electron chi connectivity index (χ3n) is 4.87. The number of rotatable bonds is 5. The van der Waals surface area contributed by atoms with Crippen LogP contribution in [0.5, 0.6) is 5.75 Å². The number of ether oxygens (including phenoxy) is 1. The Labute approximate surface area is 133 Å². The quantitative estimate of drug-likeness (QED) is 0.840. The van der Waals surface area contributed by atoms with Gasteiger partial charge in [0.25, 0.3) is 0 Å². The fourth-order valence-electron chi connectivity index (χ4n) is 3.42. The highest BCUT2D eigenvalue weighted by Gasteiger charge is 2.33. The lowest BCUT2D eigenvalue weighted by Crippen LogP contribution is -2.51. The Morgan fingerprint density at radius 3 is 2.48 bits per heavy atom. The number of nitrogens with two attached hydrogens (primary N) is 1. The van der Waals surface area contributed by atoms with E-state index in [1.165, 1.54) is 38.5 Å². The van der Waals surface area contributed by atoms with Gasteiger partial charge >= 0.3 is 0 Å². The van der Waals surface area contributed by atoms with Crippen molar-refractivity contribution in [2.75, 3.05) is 20.7 Å². The summed E-state index contributed by atoms with van der Waals surface area (Å²) >= 11 is 6.14. The molecule has 2 rings (SSSR count). The minimum absolute atomic E-state index is 0.115. The van der Waals surface area contributed by atoms with E-state index in [0.29, 0.717) is 6.54 Å². The van der Waals surface area contributed by atoms with E-state index in [-0.39, 0.29) is 5.54 Å². The number of likely N-dealkylation sites (N-methyl/N-ethyl adjacent to an activating group) is 1. The monoisotopic (exact) mass is 310 g/mol. The Kier molecular flexibility index (Phi) is 5.91. The average molecular weight is 311 g/mol. The molecule has 0 radical (unpaired) electrons. The van der Waals surface area contributed by atoms with E-state index in [2.05, 4.69) is 11.9 Å². The first kappa shape index (κ1) is 16.6. The zero-order valence-electron chi connectivity index (χ0n) is 13.2. The summed E-state index contributed by atoms with van der Waals surface area (Å²) in [7, 11) is 3.88. The molecule has 1 aromatic rings. The van der Waals surface area contributed by atoms with Gasteiger partial charge in [0.05, 0.1) is 7.11 Å². The van der Waals surface area contributed by atoms with Crippen LogP contribution in [-0.2, 0) is 6.54 Å². The van der Waals surface area contributed by atoms with Crippen molar-refractivity contribution >= 4 is 11.6 Å². The number of benzene rings is 1. The topological polar surface area (TPSA) is 38.5 Å². The van der Waals surface area contributed by atoms with Crippen molar-refractivity contribution in [1.82, 2.24) is 4.90 Å². The van der Waals surface area contributed by atoms with Gasteiger partial charge in [-0.2, -0.15) is 0 Å². The molecule has 21 heavy (non-hydrogen) atoms. The van der Waals surface area contributed by atoms with Crippen LogP contribution in [0.25, 0.3) is 0 Å². The second kappa shape index (κ2) is 7.48. The van der Waals surface area contributed by atoms with E-state index in [0.717, 1.165) is 22.9 Å². The minimum Gasteiger partial charge on any atom is -0.496 e. The van der Waals surface area contributed by atoms with Gasteiger partial charge in [0.15, 0.2) is 0 Å².